The summed E-state index contributed by atoms with van der Waals surface area (Å²) in [5.74, 6) is -0.728. The number of rotatable bonds is 7. The van der Waals surface area contributed by atoms with Crippen LogP contribution in [0.3, 0.4) is 0 Å². The Morgan fingerprint density at radius 3 is 1.58 bits per heavy atom. The van der Waals surface area contributed by atoms with Crippen LogP contribution in [0.4, 0.5) is 0 Å². The summed E-state index contributed by atoms with van der Waals surface area (Å²) < 4.78 is 28.7. The maximum absolute atomic E-state index is 9.44. The van der Waals surface area contributed by atoms with Gasteiger partial charge in [-0.15, -0.1) is 0 Å². The highest BCUT2D eigenvalue weighted by atomic mass is 16.8. The van der Waals surface area contributed by atoms with E-state index in [9.17, 15) is 15.2 Å². The van der Waals surface area contributed by atoms with Gasteiger partial charge < -0.3 is 49.3 Å². The summed E-state index contributed by atoms with van der Waals surface area (Å²) in [6.45, 7) is 11.8. The SMILES string of the molecule is CB(O)NC1C[C@H](CO)C2OC(C)(C)OC12.COC[C@H]1CC(NB(C)O)C2OC(C)(C)OC21. The van der Waals surface area contributed by atoms with Crippen LogP contribution in [-0.2, 0) is 23.7 Å². The van der Waals surface area contributed by atoms with E-state index in [1.807, 2.05) is 27.7 Å². The van der Waals surface area contributed by atoms with E-state index in [1.165, 1.54) is 0 Å². The van der Waals surface area contributed by atoms with Crippen LogP contribution in [0.1, 0.15) is 40.5 Å². The first-order chi connectivity index (χ1) is 15.4. The third-order valence-electron chi connectivity index (χ3n) is 6.69. The van der Waals surface area contributed by atoms with Crippen molar-refractivity contribution in [2.75, 3.05) is 20.3 Å². The van der Waals surface area contributed by atoms with Crippen molar-refractivity contribution in [1.82, 2.24) is 10.5 Å². The maximum atomic E-state index is 9.44. The van der Waals surface area contributed by atoms with E-state index in [0.29, 0.717) is 12.5 Å². The van der Waals surface area contributed by atoms with Crippen molar-refractivity contribution in [1.29, 1.82) is 0 Å². The molecule has 4 aliphatic rings. The van der Waals surface area contributed by atoms with Crippen molar-refractivity contribution >= 4 is 14.1 Å². The first-order valence-corrected chi connectivity index (χ1v) is 12.0. The summed E-state index contributed by atoms with van der Waals surface area (Å²) in [5.41, 5.74) is 0. The van der Waals surface area contributed by atoms with E-state index in [2.05, 4.69) is 10.5 Å². The molecular formula is C21H42B2N2O8. The zero-order valence-electron chi connectivity index (χ0n) is 21.0. The quantitative estimate of drug-likeness (QED) is 0.319. The summed E-state index contributed by atoms with van der Waals surface area (Å²) in [7, 11) is 0.593. The van der Waals surface area contributed by atoms with Gasteiger partial charge in [0.15, 0.2) is 11.6 Å². The second kappa shape index (κ2) is 10.8. The highest BCUT2D eigenvalue weighted by molar-refractivity contribution is 6.45. The van der Waals surface area contributed by atoms with E-state index in [1.54, 1.807) is 20.8 Å². The van der Waals surface area contributed by atoms with E-state index in [4.69, 9.17) is 23.7 Å². The van der Waals surface area contributed by atoms with Crippen LogP contribution in [0.15, 0.2) is 0 Å². The number of ether oxygens (including phenoxy) is 5. The van der Waals surface area contributed by atoms with E-state index >= 15 is 0 Å². The van der Waals surface area contributed by atoms with Crippen LogP contribution in [0.5, 0.6) is 0 Å². The number of hydrogen-bond acceptors (Lipinski definition) is 10. The van der Waals surface area contributed by atoms with Gasteiger partial charge in [-0.2, -0.15) is 0 Å². The molecule has 0 aromatic carbocycles. The lowest BCUT2D eigenvalue weighted by atomic mass is 9.86. The Bertz CT molecular complexity index is 641. The number of aliphatic hydroxyl groups is 1. The molecule has 190 valence electrons. The van der Waals surface area contributed by atoms with Crippen molar-refractivity contribution in [3.63, 3.8) is 0 Å². The Morgan fingerprint density at radius 2 is 1.18 bits per heavy atom. The second-order valence-corrected chi connectivity index (χ2v) is 10.7. The summed E-state index contributed by atoms with van der Waals surface area (Å²) in [6.07, 6.45) is 1.58. The predicted molar refractivity (Wildman–Crippen MR) is 124 cm³/mol. The molecule has 2 saturated heterocycles. The summed E-state index contributed by atoms with van der Waals surface area (Å²) in [6, 6.07) is 0.172. The molecule has 0 amide bonds. The molecule has 5 N–H and O–H groups in total. The molecule has 33 heavy (non-hydrogen) atoms. The standard InChI is InChI=1S/C11H22BNO4.C10H20BNO4/c1-11(2)16-9-7(6-15-4)5-8(10(9)17-11)13-12(3)14;1-10(2)15-8-6(5-13)4-7(9(8)16-10)12-11(3)14/h7-10,13-14H,5-6H2,1-4H3;6-9,12-14H,4-5H2,1-3H3/t7-,8?,9?,10?;6-,7?,8?,9?/m11/s1. The van der Waals surface area contributed by atoms with E-state index in [-0.39, 0.29) is 49.0 Å². The molecule has 2 aliphatic carbocycles. The number of nitrogens with one attached hydrogen (secondary N) is 2. The van der Waals surface area contributed by atoms with E-state index < -0.39 is 25.7 Å². The molecule has 0 spiro atoms. The molecule has 12 heteroatoms. The van der Waals surface area contributed by atoms with Crippen LogP contribution < -0.4 is 10.5 Å². The van der Waals surface area contributed by atoms with Crippen LogP contribution in [0.25, 0.3) is 0 Å². The van der Waals surface area contributed by atoms with Crippen molar-refractivity contribution in [2.45, 2.75) is 102 Å². The molecule has 0 aromatic rings. The minimum atomic E-state index is -0.595. The summed E-state index contributed by atoms with van der Waals surface area (Å²) >= 11 is 0. The van der Waals surface area contributed by atoms with Gasteiger partial charge in [-0.1, -0.05) is 0 Å². The summed E-state index contributed by atoms with van der Waals surface area (Å²) in [4.78, 5) is 0. The largest absolute Gasteiger partial charge is 0.437 e. The predicted octanol–water partition coefficient (Wildman–Crippen LogP) is -0.171. The molecule has 10 nitrogen and oxygen atoms in total. The Hall–Kier alpha value is -0.270. The molecule has 8 atom stereocenters. The Balaban J connectivity index is 0.000000186. The molecule has 4 fully saturated rings. The Morgan fingerprint density at radius 1 is 0.788 bits per heavy atom. The van der Waals surface area contributed by atoms with Gasteiger partial charge in [0.25, 0.3) is 0 Å². The van der Waals surface area contributed by atoms with Gasteiger partial charge in [-0.25, -0.2) is 0 Å². The monoisotopic (exact) mass is 472 g/mol. The molecule has 2 heterocycles. The van der Waals surface area contributed by atoms with Crippen LogP contribution in [0, 0.1) is 11.8 Å². The first kappa shape index (κ1) is 27.3. The molecule has 2 saturated carbocycles. The smallest absolute Gasteiger partial charge is 0.373 e. The highest BCUT2D eigenvalue weighted by Crippen LogP contribution is 2.42. The lowest BCUT2D eigenvalue weighted by Gasteiger charge is -2.24. The van der Waals surface area contributed by atoms with E-state index in [0.717, 1.165) is 12.8 Å². The average Bonchev–Trinajstić information content (AvgIpc) is 3.35. The molecule has 0 aromatic heterocycles. The van der Waals surface area contributed by atoms with Crippen molar-refractivity contribution in [2.24, 2.45) is 11.8 Å². The van der Waals surface area contributed by atoms with Crippen molar-refractivity contribution in [3.8, 4) is 0 Å². The number of hydrogen-bond donors (Lipinski definition) is 5. The van der Waals surface area contributed by atoms with Crippen LogP contribution >= 0.6 is 0 Å². The zero-order valence-corrected chi connectivity index (χ0v) is 21.0. The summed E-state index contributed by atoms with van der Waals surface area (Å²) in [5, 5.41) is 34.3. The molecule has 0 bridgehead atoms. The fourth-order valence-electron chi connectivity index (χ4n) is 5.68. The molecule has 0 radical (unpaired) electrons. The zero-order chi connectivity index (χ0) is 24.6. The van der Waals surface area contributed by atoms with Gasteiger partial charge in [-0.3, -0.25) is 0 Å². The average molecular weight is 472 g/mol. The second-order valence-electron chi connectivity index (χ2n) is 10.7. The molecule has 4 rings (SSSR count). The first-order valence-electron chi connectivity index (χ1n) is 12.0. The van der Waals surface area contributed by atoms with Gasteiger partial charge in [0.05, 0.1) is 18.8 Å². The highest BCUT2D eigenvalue weighted by Gasteiger charge is 2.55. The van der Waals surface area contributed by atoms with Crippen LogP contribution in [-0.4, -0.2) is 97.7 Å². The number of fused-ring (bicyclic) bond motifs is 2. The Labute approximate surface area is 198 Å². The van der Waals surface area contributed by atoms with Gasteiger partial charge in [0.1, 0.15) is 12.2 Å². The van der Waals surface area contributed by atoms with Gasteiger partial charge in [-0.05, 0) is 54.2 Å². The molecule has 6 unspecified atom stereocenters. The fraction of sp³-hybridized carbons (Fsp3) is 1.00. The topological polar surface area (TPSA) is 131 Å². The molecule has 2 aliphatic heterocycles. The normalized spacial score (nSPS) is 40.2. The number of methoxy groups -OCH3 is 1. The lowest BCUT2D eigenvalue weighted by Crippen LogP contribution is -2.46. The van der Waals surface area contributed by atoms with Gasteiger partial charge in [0.2, 0.25) is 0 Å². The third-order valence-corrected chi connectivity index (χ3v) is 6.69. The minimum absolute atomic E-state index is 0.000231. The third kappa shape index (κ3) is 6.69. The maximum Gasteiger partial charge on any atom is 0.373 e. The molecular weight excluding hydrogens is 430 g/mol. The van der Waals surface area contributed by atoms with Crippen molar-refractivity contribution in [3.05, 3.63) is 0 Å². The van der Waals surface area contributed by atoms with Crippen molar-refractivity contribution < 1.29 is 38.8 Å². The fourth-order valence-corrected chi connectivity index (χ4v) is 5.68. The van der Waals surface area contributed by atoms with Gasteiger partial charge in [0, 0.05) is 37.6 Å². The number of aliphatic hydroxyl groups excluding tert-OH is 1. The van der Waals surface area contributed by atoms with Gasteiger partial charge >= 0.3 is 14.1 Å². The Kier molecular flexibility index (Phi) is 8.92. The van der Waals surface area contributed by atoms with Crippen LogP contribution in [0.2, 0.25) is 13.6 Å². The lowest BCUT2D eigenvalue weighted by molar-refractivity contribution is -0.160. The minimum Gasteiger partial charge on any atom is -0.437 e.